The molecule has 8 nitrogen and oxygen atoms in total. The highest BCUT2D eigenvalue weighted by molar-refractivity contribution is 6.42. The number of hydrogen-bond donors (Lipinski definition) is 0. The van der Waals surface area contributed by atoms with Crippen molar-refractivity contribution in [3.63, 3.8) is 0 Å². The molecule has 2 heterocycles. The average Bonchev–Trinajstić information content (AvgIpc) is 2.99. The van der Waals surface area contributed by atoms with E-state index in [0.29, 0.717) is 11.3 Å². The zero-order valence-electron chi connectivity index (χ0n) is 19.8. The number of nitrogens with zero attached hydrogens (tertiary/aromatic N) is 3. The first kappa shape index (κ1) is 25.0. The summed E-state index contributed by atoms with van der Waals surface area (Å²) < 4.78 is 5.12. The van der Waals surface area contributed by atoms with Crippen LogP contribution in [-0.2, 0) is 31.1 Å². The van der Waals surface area contributed by atoms with Crippen LogP contribution in [0.4, 0.5) is 16.2 Å². The Hall–Kier alpha value is -3.10. The smallest absolute Gasteiger partial charge is 0.331 e. The van der Waals surface area contributed by atoms with Crippen LogP contribution < -0.4 is 9.80 Å². The highest BCUT2D eigenvalue weighted by atomic mass is 35.5. The fraction of sp³-hybridized carbons (Fsp3) is 0.360. The van der Waals surface area contributed by atoms with Crippen molar-refractivity contribution in [3.8, 4) is 0 Å². The molecule has 0 aliphatic carbocycles. The summed E-state index contributed by atoms with van der Waals surface area (Å²) >= 11 is 12.4. The van der Waals surface area contributed by atoms with Gasteiger partial charge in [0.1, 0.15) is 0 Å². The highest BCUT2D eigenvalue weighted by Gasteiger charge is 2.46. The summed E-state index contributed by atoms with van der Waals surface area (Å²) in [6.07, 6.45) is 0. The minimum absolute atomic E-state index is 0.0635. The molecule has 4 rings (SSSR count). The number of ether oxygens (including phenoxy) is 1. The number of rotatable bonds is 5. The number of benzene rings is 2. The molecule has 0 spiro atoms. The number of carbonyl (C=O) groups excluding carboxylic acids is 4. The van der Waals surface area contributed by atoms with Crippen molar-refractivity contribution in [2.75, 3.05) is 30.0 Å². The molecule has 2 aliphatic rings. The van der Waals surface area contributed by atoms with Crippen molar-refractivity contribution < 1.29 is 23.9 Å². The lowest BCUT2D eigenvalue weighted by Crippen LogP contribution is -2.58. The molecule has 1 unspecified atom stereocenters. The maximum atomic E-state index is 13.6. The Morgan fingerprint density at radius 3 is 2.54 bits per heavy atom. The second-order valence-corrected chi connectivity index (χ2v) is 9.81. The molecule has 0 radical (unpaired) electrons. The number of fused-ring (bicyclic) bond motifs is 1. The van der Waals surface area contributed by atoms with Crippen LogP contribution in [0.2, 0.25) is 10.0 Å². The molecule has 4 amide bonds. The maximum Gasteiger partial charge on any atom is 0.331 e. The summed E-state index contributed by atoms with van der Waals surface area (Å²) in [6, 6.07) is 9.54. The first-order valence-electron chi connectivity index (χ1n) is 11.1. The summed E-state index contributed by atoms with van der Waals surface area (Å²) in [4.78, 5) is 56.2. The molecular formula is C25H25Cl2N3O5. The third kappa shape index (κ3) is 4.15. The van der Waals surface area contributed by atoms with E-state index in [-0.39, 0.29) is 35.6 Å². The van der Waals surface area contributed by atoms with Crippen molar-refractivity contribution in [1.29, 1.82) is 0 Å². The largest absolute Gasteiger partial charge is 0.465 e. The minimum atomic E-state index is -1.21. The van der Waals surface area contributed by atoms with Crippen LogP contribution in [0.3, 0.4) is 0 Å². The number of urea groups is 1. The lowest BCUT2D eigenvalue weighted by atomic mass is 9.86. The van der Waals surface area contributed by atoms with E-state index in [9.17, 15) is 19.2 Å². The summed E-state index contributed by atoms with van der Waals surface area (Å²) in [5.74, 6) is -2.66. The molecule has 184 valence electrons. The van der Waals surface area contributed by atoms with Crippen LogP contribution in [0.25, 0.3) is 0 Å². The number of esters is 1. The number of hydrogen-bond acceptors (Lipinski definition) is 5. The summed E-state index contributed by atoms with van der Waals surface area (Å²) in [5, 5.41) is 0.509. The second-order valence-electron chi connectivity index (χ2n) is 9.03. The molecule has 1 atom stereocenters. The van der Waals surface area contributed by atoms with Crippen LogP contribution in [0.5, 0.6) is 0 Å². The standard InChI is InChI=1S/C25H25Cl2N3O5/c1-5-35-22(32)16-13-29(15-9-10-19-17(11-15)25(2,3)23(33)28(19)4)24(34)30(21(16)31)12-14-7-6-8-18(26)20(14)27/h6-11,16H,5,12-13H2,1-4H3. The van der Waals surface area contributed by atoms with Gasteiger partial charge in [0.25, 0.3) is 0 Å². The average molecular weight is 518 g/mol. The zero-order valence-corrected chi connectivity index (χ0v) is 21.3. The van der Waals surface area contributed by atoms with Gasteiger partial charge in [-0.25, -0.2) is 4.79 Å². The second kappa shape index (κ2) is 9.17. The van der Waals surface area contributed by atoms with Gasteiger partial charge >= 0.3 is 12.0 Å². The Morgan fingerprint density at radius 1 is 1.14 bits per heavy atom. The molecule has 2 aromatic rings. The molecule has 0 bridgehead atoms. The number of likely N-dealkylation sites (N-methyl/N-ethyl adjacent to an activating group) is 1. The number of anilines is 2. The SMILES string of the molecule is CCOC(=O)C1CN(c2ccc3c(c2)C(C)(C)C(=O)N3C)C(=O)N(Cc2cccc(Cl)c2Cl)C1=O. The number of halogens is 2. The number of carbonyl (C=O) groups is 4. The van der Waals surface area contributed by atoms with Gasteiger partial charge in [0, 0.05) is 18.4 Å². The van der Waals surface area contributed by atoms with Gasteiger partial charge in [-0.05, 0) is 56.2 Å². The van der Waals surface area contributed by atoms with Gasteiger partial charge in [-0.2, -0.15) is 0 Å². The first-order chi connectivity index (χ1) is 16.5. The quantitative estimate of drug-likeness (QED) is 0.433. The van der Waals surface area contributed by atoms with E-state index in [2.05, 4.69) is 0 Å². The Labute approximate surface area is 213 Å². The zero-order chi connectivity index (χ0) is 25.7. The Bertz CT molecular complexity index is 1250. The minimum Gasteiger partial charge on any atom is -0.465 e. The van der Waals surface area contributed by atoms with Gasteiger partial charge in [0.15, 0.2) is 5.92 Å². The molecule has 0 aromatic heterocycles. The molecule has 2 aliphatic heterocycles. The fourth-order valence-corrected chi connectivity index (χ4v) is 4.90. The predicted molar refractivity (Wildman–Crippen MR) is 133 cm³/mol. The summed E-state index contributed by atoms with van der Waals surface area (Å²) in [7, 11) is 1.70. The third-order valence-corrected chi connectivity index (χ3v) is 7.35. The summed E-state index contributed by atoms with van der Waals surface area (Å²) in [5.41, 5.74) is 1.64. The van der Waals surface area contributed by atoms with E-state index in [4.69, 9.17) is 27.9 Å². The first-order valence-corrected chi connectivity index (χ1v) is 11.9. The van der Waals surface area contributed by atoms with E-state index in [1.807, 2.05) is 13.8 Å². The monoisotopic (exact) mass is 517 g/mol. The van der Waals surface area contributed by atoms with Crippen LogP contribution in [-0.4, -0.2) is 48.9 Å². The molecule has 1 saturated heterocycles. The fourth-order valence-electron chi connectivity index (χ4n) is 4.52. The van der Waals surface area contributed by atoms with Crippen LogP contribution in [0.15, 0.2) is 36.4 Å². The molecule has 2 aromatic carbocycles. The van der Waals surface area contributed by atoms with Crippen LogP contribution in [0.1, 0.15) is 31.9 Å². The van der Waals surface area contributed by atoms with Gasteiger partial charge < -0.3 is 9.64 Å². The molecule has 0 saturated carbocycles. The van der Waals surface area contributed by atoms with Gasteiger partial charge in [-0.3, -0.25) is 24.2 Å². The number of imide groups is 1. The highest BCUT2D eigenvalue weighted by Crippen LogP contribution is 2.43. The van der Waals surface area contributed by atoms with Gasteiger partial charge in [-0.1, -0.05) is 35.3 Å². The van der Waals surface area contributed by atoms with E-state index in [1.165, 1.54) is 4.90 Å². The van der Waals surface area contributed by atoms with Crippen molar-refractivity contribution >= 4 is 58.4 Å². The molecule has 35 heavy (non-hydrogen) atoms. The van der Waals surface area contributed by atoms with Crippen molar-refractivity contribution in [2.24, 2.45) is 5.92 Å². The van der Waals surface area contributed by atoms with E-state index < -0.39 is 29.2 Å². The van der Waals surface area contributed by atoms with Crippen LogP contribution >= 0.6 is 23.2 Å². The lowest BCUT2D eigenvalue weighted by molar-refractivity contribution is -0.154. The predicted octanol–water partition coefficient (Wildman–Crippen LogP) is 4.40. The topological polar surface area (TPSA) is 87.2 Å². The van der Waals surface area contributed by atoms with Gasteiger partial charge in [0.05, 0.1) is 35.2 Å². The van der Waals surface area contributed by atoms with E-state index in [1.54, 1.807) is 55.3 Å². The van der Waals surface area contributed by atoms with Crippen molar-refractivity contribution in [2.45, 2.75) is 32.7 Å². The normalized spacial score (nSPS) is 19.3. The van der Waals surface area contributed by atoms with E-state index in [0.717, 1.165) is 16.2 Å². The van der Waals surface area contributed by atoms with Crippen LogP contribution in [0, 0.1) is 5.92 Å². The van der Waals surface area contributed by atoms with Crippen molar-refractivity contribution in [1.82, 2.24) is 4.90 Å². The molecule has 10 heteroatoms. The summed E-state index contributed by atoms with van der Waals surface area (Å²) in [6.45, 7) is 5.03. The van der Waals surface area contributed by atoms with Gasteiger partial charge in [-0.15, -0.1) is 0 Å². The number of amides is 4. The Balaban J connectivity index is 1.76. The maximum absolute atomic E-state index is 13.6. The van der Waals surface area contributed by atoms with Crippen molar-refractivity contribution in [3.05, 3.63) is 57.6 Å². The Morgan fingerprint density at radius 2 is 1.86 bits per heavy atom. The van der Waals surface area contributed by atoms with Gasteiger partial charge in [0.2, 0.25) is 11.8 Å². The molecular weight excluding hydrogens is 493 g/mol. The van der Waals surface area contributed by atoms with E-state index >= 15 is 0 Å². The Kier molecular flexibility index (Phi) is 6.55. The third-order valence-electron chi connectivity index (χ3n) is 6.49. The lowest BCUT2D eigenvalue weighted by Gasteiger charge is -2.38. The molecule has 1 fully saturated rings. The molecule has 0 N–H and O–H groups in total.